The first-order chi connectivity index (χ1) is 11.1. The van der Waals surface area contributed by atoms with Crippen molar-refractivity contribution >= 4 is 33.0 Å². The number of nitrogens with zero attached hydrogens (tertiary/aromatic N) is 2. The molecule has 2 aromatic heterocycles. The molecule has 0 saturated carbocycles. The molecule has 0 unspecified atom stereocenters. The van der Waals surface area contributed by atoms with E-state index < -0.39 is 10.0 Å². The molecule has 23 heavy (non-hydrogen) atoms. The predicted octanol–water partition coefficient (Wildman–Crippen LogP) is 1.42. The molecule has 1 fully saturated rings. The first-order valence-corrected chi connectivity index (χ1v) is 9.27. The third-order valence-corrected chi connectivity index (χ3v) is 6.28. The number of aromatic nitrogens is 1. The van der Waals surface area contributed by atoms with Gasteiger partial charge in [-0.15, -0.1) is 11.3 Å². The molecule has 0 spiro atoms. The number of morpholine rings is 1. The Kier molecular flexibility index (Phi) is 4.71. The fourth-order valence-electron chi connectivity index (χ4n) is 2.14. The Bertz CT molecular complexity index is 783. The Hall–Kier alpha value is -1.81. The number of anilines is 1. The van der Waals surface area contributed by atoms with Gasteiger partial charge in [-0.3, -0.25) is 9.78 Å². The lowest BCUT2D eigenvalue weighted by Crippen LogP contribution is -2.40. The van der Waals surface area contributed by atoms with Crippen LogP contribution in [0.5, 0.6) is 0 Å². The van der Waals surface area contributed by atoms with Crippen LogP contribution in [0.25, 0.3) is 0 Å². The van der Waals surface area contributed by atoms with Gasteiger partial charge in [-0.2, -0.15) is 4.31 Å². The van der Waals surface area contributed by atoms with Crippen LogP contribution in [0.1, 0.15) is 9.67 Å². The number of amides is 1. The Morgan fingerprint density at radius 1 is 1.35 bits per heavy atom. The zero-order valence-electron chi connectivity index (χ0n) is 12.1. The van der Waals surface area contributed by atoms with Crippen molar-refractivity contribution < 1.29 is 17.9 Å². The lowest BCUT2D eigenvalue weighted by atomic mass is 10.4. The van der Waals surface area contributed by atoms with Crippen LogP contribution in [0, 0.1) is 0 Å². The highest BCUT2D eigenvalue weighted by atomic mass is 32.2. The van der Waals surface area contributed by atoms with Gasteiger partial charge in [-0.1, -0.05) is 0 Å². The van der Waals surface area contributed by atoms with E-state index in [0.717, 1.165) is 11.3 Å². The number of nitrogens with one attached hydrogen (secondary N) is 1. The Morgan fingerprint density at radius 3 is 2.83 bits per heavy atom. The fourth-order valence-corrected chi connectivity index (χ4v) is 4.70. The third-order valence-electron chi connectivity index (χ3n) is 3.33. The quantitative estimate of drug-likeness (QED) is 0.898. The molecular formula is C14H15N3O4S2. The van der Waals surface area contributed by atoms with Crippen LogP contribution in [-0.4, -0.2) is 49.9 Å². The minimum absolute atomic E-state index is 0.140. The minimum Gasteiger partial charge on any atom is -0.379 e. The summed E-state index contributed by atoms with van der Waals surface area (Å²) in [6.07, 6.45) is 3.13. The number of hydrogen-bond donors (Lipinski definition) is 1. The van der Waals surface area contributed by atoms with Crippen LogP contribution in [0.3, 0.4) is 0 Å². The second kappa shape index (κ2) is 6.75. The molecule has 1 saturated heterocycles. The summed E-state index contributed by atoms with van der Waals surface area (Å²) >= 11 is 1.10. The molecule has 0 atom stereocenters. The summed E-state index contributed by atoms with van der Waals surface area (Å²) in [4.78, 5) is 16.6. The SMILES string of the molecule is O=C(Nc1cccnc1)c1cc(S(=O)(=O)N2CCOCC2)cs1. The monoisotopic (exact) mass is 353 g/mol. The lowest BCUT2D eigenvalue weighted by molar-refractivity contribution is 0.0730. The molecule has 1 amide bonds. The minimum atomic E-state index is -3.58. The number of pyridine rings is 1. The number of thiophene rings is 1. The van der Waals surface area contributed by atoms with Crippen LogP contribution < -0.4 is 5.32 Å². The first-order valence-electron chi connectivity index (χ1n) is 6.95. The van der Waals surface area contributed by atoms with Crippen LogP contribution in [-0.2, 0) is 14.8 Å². The van der Waals surface area contributed by atoms with Crippen LogP contribution in [0.15, 0.2) is 40.9 Å². The van der Waals surface area contributed by atoms with E-state index >= 15 is 0 Å². The van der Waals surface area contributed by atoms with E-state index in [0.29, 0.717) is 36.9 Å². The largest absolute Gasteiger partial charge is 0.379 e. The van der Waals surface area contributed by atoms with Crippen molar-refractivity contribution in [2.75, 3.05) is 31.6 Å². The number of sulfonamides is 1. The summed E-state index contributed by atoms with van der Waals surface area (Å²) in [5, 5.41) is 4.17. The molecule has 1 aliphatic rings. The summed E-state index contributed by atoms with van der Waals surface area (Å²) in [7, 11) is -3.58. The molecule has 1 N–H and O–H groups in total. The van der Waals surface area contributed by atoms with Crippen molar-refractivity contribution in [1.82, 2.24) is 9.29 Å². The lowest BCUT2D eigenvalue weighted by Gasteiger charge is -2.25. The van der Waals surface area contributed by atoms with Gasteiger partial charge in [0.1, 0.15) is 0 Å². The van der Waals surface area contributed by atoms with Gasteiger partial charge in [0.2, 0.25) is 10.0 Å². The second-order valence-corrected chi connectivity index (χ2v) is 7.71. The van der Waals surface area contributed by atoms with E-state index in [4.69, 9.17) is 4.74 Å². The predicted molar refractivity (Wildman–Crippen MR) is 86.1 cm³/mol. The highest BCUT2D eigenvalue weighted by Gasteiger charge is 2.28. The summed E-state index contributed by atoms with van der Waals surface area (Å²) < 4.78 is 31.6. The van der Waals surface area contributed by atoms with Crippen molar-refractivity contribution in [2.45, 2.75) is 4.90 Å². The summed E-state index contributed by atoms with van der Waals surface area (Å²) in [5.41, 5.74) is 0.559. The van der Waals surface area contributed by atoms with E-state index in [1.807, 2.05) is 0 Å². The van der Waals surface area contributed by atoms with E-state index in [9.17, 15) is 13.2 Å². The molecule has 122 valence electrons. The average molecular weight is 353 g/mol. The maximum absolute atomic E-state index is 12.5. The molecule has 0 radical (unpaired) electrons. The van der Waals surface area contributed by atoms with Gasteiger partial charge in [0.05, 0.1) is 34.9 Å². The van der Waals surface area contributed by atoms with E-state index in [2.05, 4.69) is 10.3 Å². The molecule has 3 heterocycles. The topological polar surface area (TPSA) is 88.6 Å². The van der Waals surface area contributed by atoms with Gasteiger partial charge in [0, 0.05) is 24.7 Å². The van der Waals surface area contributed by atoms with E-state index in [1.54, 1.807) is 18.3 Å². The van der Waals surface area contributed by atoms with Crippen LogP contribution in [0.4, 0.5) is 5.69 Å². The molecular weight excluding hydrogens is 338 g/mol. The number of carbonyl (C=O) groups excluding carboxylic acids is 1. The first kappa shape index (κ1) is 16.1. The smallest absolute Gasteiger partial charge is 0.265 e. The summed E-state index contributed by atoms with van der Waals surface area (Å²) in [6, 6.07) is 4.82. The number of rotatable bonds is 4. The molecule has 1 aliphatic heterocycles. The zero-order chi connectivity index (χ0) is 16.3. The van der Waals surface area contributed by atoms with Gasteiger partial charge >= 0.3 is 0 Å². The molecule has 2 aromatic rings. The fraction of sp³-hybridized carbons (Fsp3) is 0.286. The highest BCUT2D eigenvalue weighted by molar-refractivity contribution is 7.89. The van der Waals surface area contributed by atoms with E-state index in [-0.39, 0.29) is 10.8 Å². The van der Waals surface area contributed by atoms with Gasteiger partial charge in [-0.25, -0.2) is 8.42 Å². The highest BCUT2D eigenvalue weighted by Crippen LogP contribution is 2.24. The maximum atomic E-state index is 12.5. The summed E-state index contributed by atoms with van der Waals surface area (Å²) in [6.45, 7) is 1.43. The maximum Gasteiger partial charge on any atom is 0.265 e. The molecule has 0 aliphatic carbocycles. The zero-order valence-corrected chi connectivity index (χ0v) is 13.8. The Morgan fingerprint density at radius 2 is 2.13 bits per heavy atom. The van der Waals surface area contributed by atoms with E-state index in [1.165, 1.54) is 21.9 Å². The van der Waals surface area contributed by atoms with Crippen LogP contribution in [0.2, 0.25) is 0 Å². The molecule has 0 aromatic carbocycles. The number of carbonyl (C=O) groups is 1. The molecule has 7 nitrogen and oxygen atoms in total. The molecule has 0 bridgehead atoms. The summed E-state index contributed by atoms with van der Waals surface area (Å²) in [5.74, 6) is -0.355. The number of hydrogen-bond acceptors (Lipinski definition) is 6. The van der Waals surface area contributed by atoms with Crippen molar-refractivity contribution in [1.29, 1.82) is 0 Å². The third kappa shape index (κ3) is 3.58. The van der Waals surface area contributed by atoms with Crippen molar-refractivity contribution in [3.05, 3.63) is 40.8 Å². The second-order valence-electron chi connectivity index (χ2n) is 4.86. The van der Waals surface area contributed by atoms with Crippen LogP contribution >= 0.6 is 11.3 Å². The molecule has 3 rings (SSSR count). The van der Waals surface area contributed by atoms with Gasteiger partial charge in [0.25, 0.3) is 5.91 Å². The number of ether oxygens (including phenoxy) is 1. The van der Waals surface area contributed by atoms with Gasteiger partial charge in [0.15, 0.2) is 0 Å². The molecule has 9 heteroatoms. The van der Waals surface area contributed by atoms with Crippen molar-refractivity contribution in [3.8, 4) is 0 Å². The Labute approximate surface area is 138 Å². The standard InChI is InChI=1S/C14H15N3O4S2/c18-14(16-11-2-1-3-15-9-11)13-8-12(10-22-13)23(19,20)17-4-6-21-7-5-17/h1-3,8-10H,4-7H2,(H,16,18). The Balaban J connectivity index is 1.76. The average Bonchev–Trinajstić information content (AvgIpc) is 3.07. The van der Waals surface area contributed by atoms with Gasteiger partial charge in [-0.05, 0) is 18.2 Å². The van der Waals surface area contributed by atoms with Crippen molar-refractivity contribution in [2.24, 2.45) is 0 Å². The van der Waals surface area contributed by atoms with Crippen molar-refractivity contribution in [3.63, 3.8) is 0 Å². The van der Waals surface area contributed by atoms with Gasteiger partial charge < -0.3 is 10.1 Å². The normalized spacial score (nSPS) is 16.2.